The molecule has 0 unspecified atom stereocenters. The van der Waals surface area contributed by atoms with Gasteiger partial charge in [0, 0.05) is 6.42 Å². The van der Waals surface area contributed by atoms with Gasteiger partial charge in [-0.3, -0.25) is 4.89 Å². The fraction of sp³-hybridized carbons (Fsp3) is 0.900. The average molecular weight is 188 g/mol. The third-order valence-corrected chi connectivity index (χ3v) is 1.67. The van der Waals surface area contributed by atoms with Gasteiger partial charge in [-0.1, -0.05) is 20.3 Å². The largest absolute Gasteiger partial charge is 0.342 e. The van der Waals surface area contributed by atoms with Crippen molar-refractivity contribution in [1.82, 2.24) is 0 Å². The summed E-state index contributed by atoms with van der Waals surface area (Å²) in [4.78, 5) is 20.6. The van der Waals surface area contributed by atoms with Gasteiger partial charge >= 0.3 is 5.97 Å². The molecular weight excluding hydrogens is 168 g/mol. The highest BCUT2D eigenvalue weighted by Crippen LogP contribution is 2.16. The zero-order valence-electron chi connectivity index (χ0n) is 9.05. The first kappa shape index (κ1) is 12.4. The standard InChI is InChI=1S/C10H20O3/c1-5-7-9(11)12-13-10(3,4)8-6-2/h5-8H2,1-4H3. The predicted octanol–water partition coefficient (Wildman–Crippen LogP) is 2.84. The predicted molar refractivity (Wildman–Crippen MR) is 51.1 cm³/mol. The highest BCUT2D eigenvalue weighted by atomic mass is 17.2. The van der Waals surface area contributed by atoms with Crippen molar-refractivity contribution in [2.75, 3.05) is 0 Å². The van der Waals surface area contributed by atoms with Gasteiger partial charge in [0.2, 0.25) is 0 Å². The van der Waals surface area contributed by atoms with Crippen LogP contribution >= 0.6 is 0 Å². The zero-order chi connectivity index (χ0) is 10.3. The molecule has 0 rings (SSSR count). The normalized spacial score (nSPS) is 11.4. The van der Waals surface area contributed by atoms with Crippen LogP contribution < -0.4 is 0 Å². The van der Waals surface area contributed by atoms with E-state index in [2.05, 4.69) is 11.8 Å². The minimum Gasteiger partial charge on any atom is -0.298 e. The van der Waals surface area contributed by atoms with E-state index >= 15 is 0 Å². The molecule has 0 aromatic carbocycles. The monoisotopic (exact) mass is 188 g/mol. The molecule has 0 atom stereocenters. The molecule has 3 heteroatoms. The maximum Gasteiger partial charge on any atom is 0.342 e. The van der Waals surface area contributed by atoms with Gasteiger partial charge in [0.25, 0.3) is 0 Å². The Balaban J connectivity index is 3.67. The molecule has 0 saturated heterocycles. The summed E-state index contributed by atoms with van der Waals surface area (Å²) in [5.41, 5.74) is -0.363. The lowest BCUT2D eigenvalue weighted by Crippen LogP contribution is -2.25. The Morgan fingerprint density at radius 3 is 2.31 bits per heavy atom. The Bertz CT molecular complexity index is 152. The van der Waals surface area contributed by atoms with Crippen LogP contribution in [0.25, 0.3) is 0 Å². The SMILES string of the molecule is CCCC(=O)OOC(C)(C)CCC. The number of rotatable bonds is 6. The quantitative estimate of drug-likeness (QED) is 0.475. The van der Waals surface area contributed by atoms with Crippen molar-refractivity contribution in [3.63, 3.8) is 0 Å². The third kappa shape index (κ3) is 6.58. The highest BCUT2D eigenvalue weighted by molar-refractivity contribution is 5.68. The molecule has 0 radical (unpaired) electrons. The van der Waals surface area contributed by atoms with Crippen molar-refractivity contribution in [1.29, 1.82) is 0 Å². The summed E-state index contributed by atoms with van der Waals surface area (Å²) in [5, 5.41) is 0. The maximum atomic E-state index is 10.9. The molecule has 0 bridgehead atoms. The second-order valence-corrected chi connectivity index (χ2v) is 3.80. The Labute approximate surface area is 80.3 Å². The van der Waals surface area contributed by atoms with E-state index in [-0.39, 0.29) is 11.6 Å². The van der Waals surface area contributed by atoms with Gasteiger partial charge in [-0.25, -0.2) is 4.79 Å². The summed E-state index contributed by atoms with van der Waals surface area (Å²) in [7, 11) is 0. The second-order valence-electron chi connectivity index (χ2n) is 3.80. The minimum absolute atomic E-state index is 0.285. The van der Waals surface area contributed by atoms with Crippen LogP contribution in [-0.2, 0) is 14.6 Å². The van der Waals surface area contributed by atoms with Crippen LogP contribution in [0, 0.1) is 0 Å². The van der Waals surface area contributed by atoms with Crippen molar-refractivity contribution < 1.29 is 14.6 Å². The summed E-state index contributed by atoms with van der Waals surface area (Å²) in [6.07, 6.45) is 3.10. The van der Waals surface area contributed by atoms with Gasteiger partial charge in [-0.05, 0) is 26.7 Å². The summed E-state index contributed by atoms with van der Waals surface area (Å²) < 4.78 is 0. The van der Waals surface area contributed by atoms with E-state index in [4.69, 9.17) is 4.89 Å². The van der Waals surface area contributed by atoms with E-state index in [9.17, 15) is 4.79 Å². The van der Waals surface area contributed by atoms with Crippen molar-refractivity contribution in [3.05, 3.63) is 0 Å². The summed E-state index contributed by atoms with van der Waals surface area (Å²) >= 11 is 0. The molecule has 78 valence electrons. The minimum atomic E-state index is -0.363. The molecule has 13 heavy (non-hydrogen) atoms. The maximum absolute atomic E-state index is 10.9. The molecule has 0 aliphatic rings. The number of hydrogen-bond acceptors (Lipinski definition) is 3. The molecular formula is C10H20O3. The van der Waals surface area contributed by atoms with Gasteiger partial charge in [0.15, 0.2) is 0 Å². The molecule has 0 saturated carbocycles. The third-order valence-electron chi connectivity index (χ3n) is 1.67. The van der Waals surface area contributed by atoms with Crippen molar-refractivity contribution >= 4 is 5.97 Å². The first-order chi connectivity index (χ1) is 6.02. The van der Waals surface area contributed by atoms with Gasteiger partial charge in [0.1, 0.15) is 5.60 Å². The smallest absolute Gasteiger partial charge is 0.298 e. The van der Waals surface area contributed by atoms with Crippen LogP contribution in [0.1, 0.15) is 53.4 Å². The summed E-state index contributed by atoms with van der Waals surface area (Å²) in [5.74, 6) is -0.285. The van der Waals surface area contributed by atoms with Crippen molar-refractivity contribution in [2.24, 2.45) is 0 Å². The molecule has 0 aliphatic carbocycles. The van der Waals surface area contributed by atoms with E-state index < -0.39 is 0 Å². The van der Waals surface area contributed by atoms with Gasteiger partial charge < -0.3 is 0 Å². The van der Waals surface area contributed by atoms with Crippen LogP contribution in [0.4, 0.5) is 0 Å². The van der Waals surface area contributed by atoms with E-state index in [0.717, 1.165) is 19.3 Å². The van der Waals surface area contributed by atoms with Crippen LogP contribution in [0.2, 0.25) is 0 Å². The van der Waals surface area contributed by atoms with E-state index in [1.165, 1.54) is 0 Å². The molecule has 0 aromatic heterocycles. The number of carbonyl (C=O) groups is 1. The molecule has 0 fully saturated rings. The van der Waals surface area contributed by atoms with E-state index in [0.29, 0.717) is 6.42 Å². The first-order valence-electron chi connectivity index (χ1n) is 4.90. The second kappa shape index (κ2) is 5.97. The molecule has 0 amide bonds. The van der Waals surface area contributed by atoms with Crippen LogP contribution in [0.15, 0.2) is 0 Å². The first-order valence-corrected chi connectivity index (χ1v) is 4.90. The lowest BCUT2D eigenvalue weighted by molar-refractivity contribution is -0.326. The van der Waals surface area contributed by atoms with Gasteiger partial charge in [-0.15, -0.1) is 0 Å². The summed E-state index contributed by atoms with van der Waals surface area (Å²) in [6, 6.07) is 0. The molecule has 0 aliphatic heterocycles. The fourth-order valence-corrected chi connectivity index (χ4v) is 1.05. The highest BCUT2D eigenvalue weighted by Gasteiger charge is 2.20. The molecule has 0 heterocycles. The van der Waals surface area contributed by atoms with Crippen LogP contribution in [-0.4, -0.2) is 11.6 Å². The summed E-state index contributed by atoms with van der Waals surface area (Å²) in [6.45, 7) is 7.82. The van der Waals surface area contributed by atoms with Gasteiger partial charge in [0.05, 0.1) is 0 Å². The van der Waals surface area contributed by atoms with Gasteiger partial charge in [-0.2, -0.15) is 4.89 Å². The Morgan fingerprint density at radius 1 is 1.23 bits per heavy atom. The number of carbonyl (C=O) groups excluding carboxylic acids is 1. The lowest BCUT2D eigenvalue weighted by Gasteiger charge is -2.21. The molecule has 0 aromatic rings. The van der Waals surface area contributed by atoms with Crippen LogP contribution in [0.3, 0.4) is 0 Å². The Morgan fingerprint density at radius 2 is 1.85 bits per heavy atom. The van der Waals surface area contributed by atoms with Crippen LogP contribution in [0.5, 0.6) is 0 Å². The molecule has 0 spiro atoms. The van der Waals surface area contributed by atoms with E-state index in [1.54, 1.807) is 0 Å². The zero-order valence-corrected chi connectivity index (χ0v) is 9.05. The lowest BCUT2D eigenvalue weighted by atomic mass is 10.0. The Hall–Kier alpha value is -0.570. The Kier molecular flexibility index (Phi) is 5.71. The number of hydrogen-bond donors (Lipinski definition) is 0. The van der Waals surface area contributed by atoms with Crippen molar-refractivity contribution in [3.8, 4) is 0 Å². The van der Waals surface area contributed by atoms with Crippen molar-refractivity contribution in [2.45, 2.75) is 59.0 Å². The fourth-order valence-electron chi connectivity index (χ4n) is 1.05. The topological polar surface area (TPSA) is 35.5 Å². The average Bonchev–Trinajstić information content (AvgIpc) is 2.02. The molecule has 3 nitrogen and oxygen atoms in total. The molecule has 0 N–H and O–H groups in total. The van der Waals surface area contributed by atoms with E-state index in [1.807, 2.05) is 20.8 Å².